The summed E-state index contributed by atoms with van der Waals surface area (Å²) in [7, 11) is 0. The SMILES string of the molecule is Cc1ccc(C(C)C)c(OCC(=O)Nc2ccc(C(=O)NCC(=O)O)cc2)c1. The van der Waals surface area contributed by atoms with Gasteiger partial charge in [-0.3, -0.25) is 14.4 Å². The van der Waals surface area contributed by atoms with Crippen LogP contribution in [0.1, 0.15) is 41.3 Å². The minimum atomic E-state index is -1.12. The van der Waals surface area contributed by atoms with Crippen LogP contribution in [0.5, 0.6) is 5.75 Å². The van der Waals surface area contributed by atoms with E-state index in [1.807, 2.05) is 25.1 Å². The molecule has 0 heterocycles. The number of ether oxygens (including phenoxy) is 1. The maximum absolute atomic E-state index is 12.2. The van der Waals surface area contributed by atoms with E-state index >= 15 is 0 Å². The fourth-order valence-electron chi connectivity index (χ4n) is 2.55. The Kier molecular flexibility index (Phi) is 7.14. The van der Waals surface area contributed by atoms with Gasteiger partial charge >= 0.3 is 5.97 Å². The molecule has 0 saturated carbocycles. The third kappa shape index (κ3) is 6.12. The van der Waals surface area contributed by atoms with Crippen LogP contribution in [-0.4, -0.2) is 36.0 Å². The molecule has 0 spiro atoms. The molecule has 0 atom stereocenters. The number of aliphatic carboxylic acids is 1. The van der Waals surface area contributed by atoms with E-state index in [4.69, 9.17) is 9.84 Å². The van der Waals surface area contributed by atoms with Gasteiger partial charge in [-0.1, -0.05) is 26.0 Å². The van der Waals surface area contributed by atoms with Gasteiger partial charge in [-0.05, 0) is 54.3 Å². The lowest BCUT2D eigenvalue weighted by molar-refractivity contribution is -0.135. The van der Waals surface area contributed by atoms with Crippen molar-refractivity contribution in [2.24, 2.45) is 0 Å². The number of hydrogen-bond donors (Lipinski definition) is 3. The van der Waals surface area contributed by atoms with Crippen molar-refractivity contribution in [1.82, 2.24) is 5.32 Å². The number of aryl methyl sites for hydroxylation is 1. The molecule has 3 N–H and O–H groups in total. The van der Waals surface area contributed by atoms with E-state index in [9.17, 15) is 14.4 Å². The Hall–Kier alpha value is -3.35. The quantitative estimate of drug-likeness (QED) is 0.649. The van der Waals surface area contributed by atoms with Gasteiger partial charge in [0, 0.05) is 11.3 Å². The van der Waals surface area contributed by atoms with Crippen molar-refractivity contribution in [3.8, 4) is 5.75 Å². The van der Waals surface area contributed by atoms with Crippen molar-refractivity contribution in [2.75, 3.05) is 18.5 Å². The first-order chi connectivity index (χ1) is 13.3. The zero-order valence-corrected chi connectivity index (χ0v) is 16.1. The molecule has 7 nitrogen and oxygen atoms in total. The molecule has 0 aliphatic heterocycles. The Labute approximate surface area is 163 Å². The highest BCUT2D eigenvalue weighted by Gasteiger charge is 2.11. The van der Waals surface area contributed by atoms with Gasteiger partial charge in [-0.2, -0.15) is 0 Å². The zero-order chi connectivity index (χ0) is 20.7. The van der Waals surface area contributed by atoms with Crippen molar-refractivity contribution in [2.45, 2.75) is 26.7 Å². The monoisotopic (exact) mass is 384 g/mol. The fourth-order valence-corrected chi connectivity index (χ4v) is 2.55. The molecule has 148 valence electrons. The molecule has 0 aliphatic carbocycles. The average molecular weight is 384 g/mol. The second-order valence-corrected chi connectivity index (χ2v) is 6.69. The smallest absolute Gasteiger partial charge is 0.322 e. The van der Waals surface area contributed by atoms with Crippen LogP contribution in [0.25, 0.3) is 0 Å². The van der Waals surface area contributed by atoms with Crippen LogP contribution in [0.2, 0.25) is 0 Å². The summed E-state index contributed by atoms with van der Waals surface area (Å²) in [5.41, 5.74) is 2.90. The Morgan fingerprint density at radius 2 is 1.75 bits per heavy atom. The molecule has 0 fully saturated rings. The number of rotatable bonds is 8. The molecule has 28 heavy (non-hydrogen) atoms. The van der Waals surface area contributed by atoms with Crippen molar-refractivity contribution in [1.29, 1.82) is 0 Å². The molecule has 2 aromatic carbocycles. The van der Waals surface area contributed by atoms with E-state index in [1.54, 1.807) is 12.1 Å². The number of nitrogens with one attached hydrogen (secondary N) is 2. The Bertz CT molecular complexity index is 860. The van der Waals surface area contributed by atoms with Crippen LogP contribution >= 0.6 is 0 Å². The first-order valence-corrected chi connectivity index (χ1v) is 8.89. The Morgan fingerprint density at radius 3 is 2.36 bits per heavy atom. The minimum absolute atomic E-state index is 0.135. The molecule has 0 aliphatic rings. The number of carbonyl (C=O) groups excluding carboxylic acids is 2. The number of benzene rings is 2. The van der Waals surface area contributed by atoms with Gasteiger partial charge < -0.3 is 20.5 Å². The van der Waals surface area contributed by atoms with Crippen LogP contribution in [0.15, 0.2) is 42.5 Å². The number of amides is 2. The summed E-state index contributed by atoms with van der Waals surface area (Å²) in [5.74, 6) is -0.968. The summed E-state index contributed by atoms with van der Waals surface area (Å²) in [6, 6.07) is 12.1. The fraction of sp³-hybridized carbons (Fsp3) is 0.286. The normalized spacial score (nSPS) is 10.4. The van der Waals surface area contributed by atoms with Crippen molar-refractivity contribution in [3.05, 3.63) is 59.2 Å². The van der Waals surface area contributed by atoms with Crippen LogP contribution in [0, 0.1) is 6.92 Å². The molecular weight excluding hydrogens is 360 g/mol. The summed E-state index contributed by atoms with van der Waals surface area (Å²) in [6.45, 7) is 5.50. The maximum atomic E-state index is 12.2. The van der Waals surface area contributed by atoms with E-state index in [-0.39, 0.29) is 18.4 Å². The van der Waals surface area contributed by atoms with E-state index < -0.39 is 18.4 Å². The highest BCUT2D eigenvalue weighted by Crippen LogP contribution is 2.27. The third-order valence-electron chi connectivity index (χ3n) is 3.98. The van der Waals surface area contributed by atoms with Gasteiger partial charge in [0.25, 0.3) is 11.8 Å². The standard InChI is InChI=1S/C21H24N2O5/c1-13(2)17-9-4-14(3)10-18(17)28-12-19(24)23-16-7-5-15(6-8-16)21(27)22-11-20(25)26/h4-10,13H,11-12H2,1-3H3,(H,22,27)(H,23,24)(H,25,26). The topological polar surface area (TPSA) is 105 Å². The summed E-state index contributed by atoms with van der Waals surface area (Å²) in [4.78, 5) is 34.4. The van der Waals surface area contributed by atoms with E-state index in [0.717, 1.165) is 11.1 Å². The lowest BCUT2D eigenvalue weighted by Crippen LogP contribution is -2.29. The highest BCUT2D eigenvalue weighted by atomic mass is 16.5. The number of carboxylic acids is 1. The molecule has 0 radical (unpaired) electrons. The zero-order valence-electron chi connectivity index (χ0n) is 16.1. The highest BCUT2D eigenvalue weighted by molar-refractivity contribution is 5.97. The number of carbonyl (C=O) groups is 3. The first-order valence-electron chi connectivity index (χ1n) is 8.89. The Balaban J connectivity index is 1.92. The number of hydrogen-bond acceptors (Lipinski definition) is 4. The van der Waals surface area contributed by atoms with Gasteiger partial charge in [-0.15, -0.1) is 0 Å². The summed E-state index contributed by atoms with van der Waals surface area (Å²) < 4.78 is 5.70. The van der Waals surface area contributed by atoms with Crippen LogP contribution in [0.3, 0.4) is 0 Å². The molecule has 2 aromatic rings. The van der Waals surface area contributed by atoms with Gasteiger partial charge in [0.15, 0.2) is 6.61 Å². The minimum Gasteiger partial charge on any atom is -0.483 e. The predicted molar refractivity (Wildman–Crippen MR) is 106 cm³/mol. The van der Waals surface area contributed by atoms with Crippen molar-refractivity contribution >= 4 is 23.5 Å². The largest absolute Gasteiger partial charge is 0.483 e. The molecule has 2 rings (SSSR count). The lowest BCUT2D eigenvalue weighted by atomic mass is 10.0. The Morgan fingerprint density at radius 1 is 1.07 bits per heavy atom. The summed E-state index contributed by atoms with van der Waals surface area (Å²) in [5, 5.41) is 13.5. The lowest BCUT2D eigenvalue weighted by Gasteiger charge is -2.15. The van der Waals surface area contributed by atoms with Crippen molar-refractivity contribution < 1.29 is 24.2 Å². The van der Waals surface area contributed by atoms with E-state index in [0.29, 0.717) is 17.0 Å². The van der Waals surface area contributed by atoms with Crippen molar-refractivity contribution in [3.63, 3.8) is 0 Å². The van der Waals surface area contributed by atoms with E-state index in [2.05, 4.69) is 24.5 Å². The number of carboxylic acid groups (broad SMARTS) is 1. The first kappa shape index (κ1) is 21.0. The molecule has 7 heteroatoms. The van der Waals surface area contributed by atoms with Crippen LogP contribution in [0.4, 0.5) is 5.69 Å². The molecular formula is C21H24N2O5. The number of anilines is 1. The molecule has 0 aromatic heterocycles. The van der Waals surface area contributed by atoms with Gasteiger partial charge in [0.05, 0.1) is 0 Å². The van der Waals surface area contributed by atoms with Crippen LogP contribution < -0.4 is 15.4 Å². The summed E-state index contributed by atoms with van der Waals surface area (Å²) >= 11 is 0. The van der Waals surface area contributed by atoms with Crippen LogP contribution in [-0.2, 0) is 9.59 Å². The van der Waals surface area contributed by atoms with Gasteiger partial charge in [0.1, 0.15) is 12.3 Å². The second kappa shape index (κ2) is 9.55. The molecule has 2 amide bonds. The predicted octanol–water partition coefficient (Wildman–Crippen LogP) is 2.95. The third-order valence-corrected chi connectivity index (χ3v) is 3.98. The van der Waals surface area contributed by atoms with E-state index in [1.165, 1.54) is 12.1 Å². The molecule has 0 unspecified atom stereocenters. The van der Waals surface area contributed by atoms with Gasteiger partial charge in [0.2, 0.25) is 0 Å². The second-order valence-electron chi connectivity index (χ2n) is 6.69. The molecule has 0 saturated heterocycles. The average Bonchev–Trinajstić information content (AvgIpc) is 2.64. The maximum Gasteiger partial charge on any atom is 0.322 e. The summed E-state index contributed by atoms with van der Waals surface area (Å²) in [6.07, 6.45) is 0. The van der Waals surface area contributed by atoms with Gasteiger partial charge in [-0.25, -0.2) is 0 Å². The molecule has 0 bridgehead atoms.